The zero-order valence-electron chi connectivity index (χ0n) is 10.0. The molecule has 0 spiro atoms. The molecule has 0 aliphatic heterocycles. The largest absolute Gasteiger partial charge is 0.388 e. The van der Waals surface area contributed by atoms with E-state index in [0.717, 1.165) is 31.2 Å². The van der Waals surface area contributed by atoms with E-state index in [-0.39, 0.29) is 5.92 Å². The molecule has 94 valence electrons. The van der Waals surface area contributed by atoms with Crippen LogP contribution in [0.2, 0.25) is 5.02 Å². The lowest BCUT2D eigenvalue weighted by Gasteiger charge is -2.27. The number of aliphatic hydroxyl groups excluding tert-OH is 1. The van der Waals surface area contributed by atoms with Crippen LogP contribution >= 0.6 is 11.6 Å². The van der Waals surface area contributed by atoms with Crippen LogP contribution < -0.4 is 0 Å². The topological polar surface area (TPSA) is 20.2 Å². The van der Waals surface area contributed by atoms with E-state index in [9.17, 15) is 9.50 Å². The summed E-state index contributed by atoms with van der Waals surface area (Å²) >= 11 is 6.11. The Hall–Kier alpha value is -0.600. The van der Waals surface area contributed by atoms with Gasteiger partial charge in [-0.25, -0.2) is 4.39 Å². The SMILES string of the molecule is Cc1ccc(F)c(C(O)C2CCCCC2)c1Cl. The fourth-order valence-corrected chi connectivity index (χ4v) is 2.90. The average molecular weight is 257 g/mol. The summed E-state index contributed by atoms with van der Waals surface area (Å²) in [6, 6.07) is 3.04. The fourth-order valence-electron chi connectivity index (χ4n) is 2.64. The van der Waals surface area contributed by atoms with Crippen molar-refractivity contribution in [3.05, 3.63) is 34.1 Å². The van der Waals surface area contributed by atoms with Gasteiger partial charge in [0.15, 0.2) is 0 Å². The Morgan fingerprint density at radius 3 is 2.59 bits per heavy atom. The molecule has 1 aromatic rings. The molecule has 0 radical (unpaired) electrons. The molecule has 1 saturated carbocycles. The molecule has 1 aliphatic carbocycles. The summed E-state index contributed by atoms with van der Waals surface area (Å²) < 4.78 is 13.8. The van der Waals surface area contributed by atoms with Crippen molar-refractivity contribution in [3.63, 3.8) is 0 Å². The van der Waals surface area contributed by atoms with Crippen LogP contribution in [0, 0.1) is 18.7 Å². The summed E-state index contributed by atoms with van der Waals surface area (Å²) in [7, 11) is 0. The van der Waals surface area contributed by atoms with Crippen LogP contribution in [0.4, 0.5) is 4.39 Å². The van der Waals surface area contributed by atoms with E-state index in [1.807, 2.05) is 6.92 Å². The van der Waals surface area contributed by atoms with Gasteiger partial charge in [-0.15, -0.1) is 0 Å². The molecule has 3 heteroatoms. The normalized spacial score (nSPS) is 19.3. The number of aryl methyl sites for hydroxylation is 1. The number of hydrogen-bond donors (Lipinski definition) is 1. The van der Waals surface area contributed by atoms with Gasteiger partial charge in [-0.3, -0.25) is 0 Å². The third kappa shape index (κ3) is 2.63. The van der Waals surface area contributed by atoms with E-state index in [1.165, 1.54) is 12.5 Å². The van der Waals surface area contributed by atoms with Crippen molar-refractivity contribution in [2.24, 2.45) is 5.92 Å². The number of benzene rings is 1. The molecule has 0 amide bonds. The Kier molecular flexibility index (Phi) is 4.05. The maximum atomic E-state index is 13.8. The molecule has 0 saturated heterocycles. The second-order valence-corrected chi connectivity index (χ2v) is 5.31. The van der Waals surface area contributed by atoms with Crippen LogP contribution in [0.15, 0.2) is 12.1 Å². The van der Waals surface area contributed by atoms with Crippen molar-refractivity contribution in [3.8, 4) is 0 Å². The predicted molar refractivity (Wildman–Crippen MR) is 67.7 cm³/mol. The van der Waals surface area contributed by atoms with E-state index < -0.39 is 11.9 Å². The molecule has 1 aliphatic rings. The van der Waals surface area contributed by atoms with E-state index in [4.69, 9.17) is 11.6 Å². The molecular formula is C14H18ClFO. The first-order chi connectivity index (χ1) is 8.11. The highest BCUT2D eigenvalue weighted by molar-refractivity contribution is 6.32. The molecule has 1 unspecified atom stereocenters. The van der Waals surface area contributed by atoms with E-state index in [1.54, 1.807) is 6.07 Å². The molecule has 2 rings (SSSR count). The standard InChI is InChI=1S/C14H18ClFO/c1-9-7-8-11(16)12(13(9)15)14(17)10-5-3-2-4-6-10/h7-8,10,14,17H,2-6H2,1H3. The zero-order valence-corrected chi connectivity index (χ0v) is 10.8. The average Bonchev–Trinajstić information content (AvgIpc) is 2.35. The van der Waals surface area contributed by atoms with Crippen molar-refractivity contribution < 1.29 is 9.50 Å². The Bertz CT molecular complexity index is 399. The zero-order chi connectivity index (χ0) is 12.4. The first-order valence-electron chi connectivity index (χ1n) is 6.24. The van der Waals surface area contributed by atoms with Gasteiger partial charge >= 0.3 is 0 Å². The second kappa shape index (κ2) is 5.36. The van der Waals surface area contributed by atoms with Crippen molar-refractivity contribution in [1.29, 1.82) is 0 Å². The lowest BCUT2D eigenvalue weighted by atomic mass is 9.82. The van der Waals surface area contributed by atoms with Crippen LogP contribution in [0.25, 0.3) is 0 Å². The highest BCUT2D eigenvalue weighted by Gasteiger charge is 2.27. The molecule has 1 atom stereocenters. The van der Waals surface area contributed by atoms with Crippen molar-refractivity contribution >= 4 is 11.6 Å². The maximum Gasteiger partial charge on any atom is 0.130 e. The van der Waals surface area contributed by atoms with Crippen LogP contribution in [0.5, 0.6) is 0 Å². The lowest BCUT2D eigenvalue weighted by Crippen LogP contribution is -2.17. The van der Waals surface area contributed by atoms with Crippen molar-refractivity contribution in [2.45, 2.75) is 45.1 Å². The van der Waals surface area contributed by atoms with Gasteiger partial charge in [-0.05, 0) is 37.3 Å². The quantitative estimate of drug-likeness (QED) is 0.832. The van der Waals surface area contributed by atoms with E-state index >= 15 is 0 Å². The number of rotatable bonds is 2. The summed E-state index contributed by atoms with van der Waals surface area (Å²) in [6.07, 6.45) is 4.62. The lowest BCUT2D eigenvalue weighted by molar-refractivity contribution is 0.0817. The summed E-state index contributed by atoms with van der Waals surface area (Å²) in [6.45, 7) is 1.83. The van der Waals surface area contributed by atoms with Gasteiger partial charge in [0, 0.05) is 5.56 Å². The molecule has 1 N–H and O–H groups in total. The monoisotopic (exact) mass is 256 g/mol. The predicted octanol–water partition coefficient (Wildman–Crippen LogP) is 4.40. The van der Waals surface area contributed by atoms with Crippen molar-refractivity contribution in [2.75, 3.05) is 0 Å². The summed E-state index contributed by atoms with van der Waals surface area (Å²) in [5.74, 6) is -0.240. The second-order valence-electron chi connectivity index (χ2n) is 4.93. The smallest absolute Gasteiger partial charge is 0.130 e. The third-order valence-electron chi connectivity index (χ3n) is 3.71. The molecule has 1 nitrogen and oxygen atoms in total. The van der Waals surface area contributed by atoms with Gasteiger partial charge in [0.1, 0.15) is 5.82 Å². The summed E-state index contributed by atoms with van der Waals surface area (Å²) in [5, 5.41) is 10.7. The first-order valence-corrected chi connectivity index (χ1v) is 6.61. The fraction of sp³-hybridized carbons (Fsp3) is 0.571. The maximum absolute atomic E-state index is 13.8. The summed E-state index contributed by atoms with van der Waals surface area (Å²) in [4.78, 5) is 0. The first kappa shape index (κ1) is 12.8. The Balaban J connectivity index is 2.29. The molecule has 0 bridgehead atoms. The van der Waals surface area contributed by atoms with Gasteiger partial charge in [0.05, 0.1) is 11.1 Å². The number of halogens is 2. The minimum absolute atomic E-state index is 0.151. The molecule has 0 heterocycles. The van der Waals surface area contributed by atoms with Gasteiger partial charge in [0.2, 0.25) is 0 Å². The third-order valence-corrected chi connectivity index (χ3v) is 4.21. The van der Waals surface area contributed by atoms with E-state index in [0.29, 0.717) is 10.6 Å². The number of hydrogen-bond acceptors (Lipinski definition) is 1. The molecular weight excluding hydrogens is 239 g/mol. The highest BCUT2D eigenvalue weighted by Crippen LogP contribution is 2.38. The highest BCUT2D eigenvalue weighted by atomic mass is 35.5. The number of aliphatic hydroxyl groups is 1. The van der Waals surface area contributed by atoms with Crippen LogP contribution in [0.3, 0.4) is 0 Å². The Morgan fingerprint density at radius 1 is 1.29 bits per heavy atom. The van der Waals surface area contributed by atoms with Crippen LogP contribution in [-0.4, -0.2) is 5.11 Å². The van der Waals surface area contributed by atoms with E-state index in [2.05, 4.69) is 0 Å². The van der Waals surface area contributed by atoms with Gasteiger partial charge in [0.25, 0.3) is 0 Å². The minimum atomic E-state index is -0.761. The Labute approximate surface area is 107 Å². The van der Waals surface area contributed by atoms with Crippen molar-refractivity contribution in [1.82, 2.24) is 0 Å². The van der Waals surface area contributed by atoms with Gasteiger partial charge in [-0.2, -0.15) is 0 Å². The molecule has 1 aromatic carbocycles. The van der Waals surface area contributed by atoms with Crippen LogP contribution in [0.1, 0.15) is 49.3 Å². The van der Waals surface area contributed by atoms with Crippen LogP contribution in [-0.2, 0) is 0 Å². The molecule has 17 heavy (non-hydrogen) atoms. The molecule has 1 fully saturated rings. The minimum Gasteiger partial charge on any atom is -0.388 e. The molecule has 0 aromatic heterocycles. The van der Waals surface area contributed by atoms with Gasteiger partial charge in [-0.1, -0.05) is 36.9 Å². The van der Waals surface area contributed by atoms with Gasteiger partial charge < -0.3 is 5.11 Å². The Morgan fingerprint density at radius 2 is 1.94 bits per heavy atom. The summed E-state index contributed by atoms with van der Waals surface area (Å²) in [5.41, 5.74) is 1.11.